The quantitative estimate of drug-likeness (QED) is 0.874. The van der Waals surface area contributed by atoms with Gasteiger partial charge in [0.1, 0.15) is 12.2 Å². The number of rotatable bonds is 3. The molecule has 22 heavy (non-hydrogen) atoms. The Hall–Kier alpha value is -1.88. The topological polar surface area (TPSA) is 47.4 Å². The summed E-state index contributed by atoms with van der Waals surface area (Å²) in [5.41, 5.74) is 3.26. The van der Waals surface area contributed by atoms with Gasteiger partial charge in [0.2, 0.25) is 5.91 Å². The van der Waals surface area contributed by atoms with Gasteiger partial charge in [0.05, 0.1) is 0 Å². The van der Waals surface area contributed by atoms with Gasteiger partial charge in [-0.25, -0.2) is 4.98 Å². The minimum atomic E-state index is 0.0909. The van der Waals surface area contributed by atoms with Crippen molar-refractivity contribution in [2.75, 3.05) is 27.3 Å². The second-order valence-corrected chi connectivity index (χ2v) is 6.26. The van der Waals surface area contributed by atoms with Gasteiger partial charge in [-0.15, -0.1) is 0 Å². The Bertz CT molecular complexity index is 685. The molecule has 0 atom stereocenters. The van der Waals surface area contributed by atoms with Crippen LogP contribution in [-0.4, -0.2) is 47.7 Å². The van der Waals surface area contributed by atoms with Gasteiger partial charge in [0, 0.05) is 50.5 Å². The molecule has 0 aromatic carbocycles. The van der Waals surface area contributed by atoms with Gasteiger partial charge in [-0.3, -0.25) is 4.79 Å². The van der Waals surface area contributed by atoms with Crippen LogP contribution in [0.2, 0.25) is 0 Å². The normalized spacial score (nSPS) is 16.1. The fourth-order valence-electron chi connectivity index (χ4n) is 3.05. The maximum absolute atomic E-state index is 12.2. The summed E-state index contributed by atoms with van der Waals surface area (Å²) in [6.07, 6.45) is 3.88. The number of ether oxygens (including phenoxy) is 1. The van der Waals surface area contributed by atoms with Crippen LogP contribution in [0.3, 0.4) is 0 Å². The number of likely N-dealkylation sites (N-methyl/N-ethyl adjacent to an activating group) is 1. The molecular formula is C17H23N3O2. The first-order valence-corrected chi connectivity index (χ1v) is 7.80. The number of aryl methyl sites for hydroxylation is 1. The summed E-state index contributed by atoms with van der Waals surface area (Å²) in [5.74, 6) is 0.534. The molecule has 0 radical (unpaired) electrons. The fourth-order valence-corrected chi connectivity index (χ4v) is 3.05. The predicted molar refractivity (Wildman–Crippen MR) is 86.0 cm³/mol. The van der Waals surface area contributed by atoms with Crippen molar-refractivity contribution in [1.82, 2.24) is 14.5 Å². The van der Waals surface area contributed by atoms with Gasteiger partial charge in [0.15, 0.2) is 0 Å². The number of pyridine rings is 1. The van der Waals surface area contributed by atoms with Crippen LogP contribution in [0, 0.1) is 6.92 Å². The monoisotopic (exact) mass is 301 g/mol. The molecular weight excluding hydrogens is 278 g/mol. The van der Waals surface area contributed by atoms with Crippen molar-refractivity contribution < 1.29 is 9.53 Å². The molecule has 2 aromatic heterocycles. The standard InChI is InChI=1S/C17H23N3O2/c1-12-8-14-9-15(13-4-6-22-7-5-13)20(17(14)18-10-12)11-16(21)19(2)3/h8-10,13H,4-7,11H2,1-3H3. The first-order valence-electron chi connectivity index (χ1n) is 7.80. The Labute approximate surface area is 130 Å². The van der Waals surface area contributed by atoms with E-state index >= 15 is 0 Å². The number of amides is 1. The number of hydrogen-bond acceptors (Lipinski definition) is 3. The molecule has 2 aromatic rings. The van der Waals surface area contributed by atoms with Crippen molar-refractivity contribution in [3.8, 4) is 0 Å². The Morgan fingerprint density at radius 2 is 2.09 bits per heavy atom. The van der Waals surface area contributed by atoms with Crippen molar-refractivity contribution >= 4 is 16.9 Å². The summed E-state index contributed by atoms with van der Waals surface area (Å²) in [4.78, 5) is 18.4. The van der Waals surface area contributed by atoms with E-state index in [0.29, 0.717) is 12.5 Å². The number of fused-ring (bicyclic) bond motifs is 1. The largest absolute Gasteiger partial charge is 0.381 e. The summed E-state index contributed by atoms with van der Waals surface area (Å²) in [6, 6.07) is 4.34. The van der Waals surface area contributed by atoms with Crippen molar-refractivity contribution in [3.05, 3.63) is 29.6 Å². The first kappa shape index (κ1) is 15.0. The highest BCUT2D eigenvalue weighted by Crippen LogP contribution is 2.31. The van der Waals surface area contributed by atoms with Crippen molar-refractivity contribution in [1.29, 1.82) is 0 Å². The van der Waals surface area contributed by atoms with E-state index in [4.69, 9.17) is 4.74 Å². The predicted octanol–water partition coefficient (Wildman–Crippen LogP) is 2.33. The molecule has 0 saturated carbocycles. The zero-order valence-electron chi connectivity index (χ0n) is 13.5. The summed E-state index contributed by atoms with van der Waals surface area (Å²) in [7, 11) is 3.58. The second kappa shape index (κ2) is 6.08. The van der Waals surface area contributed by atoms with Gasteiger partial charge in [-0.2, -0.15) is 0 Å². The molecule has 5 nitrogen and oxygen atoms in total. The van der Waals surface area contributed by atoms with E-state index < -0.39 is 0 Å². The lowest BCUT2D eigenvalue weighted by molar-refractivity contribution is -0.129. The minimum absolute atomic E-state index is 0.0909. The third-order valence-corrected chi connectivity index (χ3v) is 4.33. The summed E-state index contributed by atoms with van der Waals surface area (Å²) >= 11 is 0. The third-order valence-electron chi connectivity index (χ3n) is 4.33. The fraction of sp³-hybridized carbons (Fsp3) is 0.529. The molecule has 0 spiro atoms. The number of carbonyl (C=O) groups excluding carboxylic acids is 1. The highest BCUT2D eigenvalue weighted by Gasteiger charge is 2.23. The van der Waals surface area contributed by atoms with E-state index in [1.807, 2.05) is 13.1 Å². The Morgan fingerprint density at radius 3 is 2.77 bits per heavy atom. The molecule has 0 bridgehead atoms. The zero-order chi connectivity index (χ0) is 15.7. The maximum atomic E-state index is 12.2. The summed E-state index contributed by atoms with van der Waals surface area (Å²) in [6.45, 7) is 3.97. The molecule has 118 valence electrons. The number of carbonyl (C=O) groups is 1. The average molecular weight is 301 g/mol. The second-order valence-electron chi connectivity index (χ2n) is 6.26. The minimum Gasteiger partial charge on any atom is -0.381 e. The van der Waals surface area contributed by atoms with Crippen LogP contribution >= 0.6 is 0 Å². The van der Waals surface area contributed by atoms with Crippen LogP contribution in [0.15, 0.2) is 18.3 Å². The van der Waals surface area contributed by atoms with Gasteiger partial charge in [-0.05, 0) is 37.5 Å². The Morgan fingerprint density at radius 1 is 1.36 bits per heavy atom. The van der Waals surface area contributed by atoms with E-state index in [1.165, 1.54) is 5.69 Å². The van der Waals surface area contributed by atoms with Gasteiger partial charge in [0.25, 0.3) is 0 Å². The molecule has 1 aliphatic rings. The average Bonchev–Trinajstić information content (AvgIpc) is 2.85. The Balaban J connectivity index is 2.05. The number of aromatic nitrogens is 2. The van der Waals surface area contributed by atoms with Crippen LogP contribution < -0.4 is 0 Å². The zero-order valence-corrected chi connectivity index (χ0v) is 13.5. The summed E-state index contributed by atoms with van der Waals surface area (Å²) < 4.78 is 7.56. The SMILES string of the molecule is Cc1cnc2c(c1)cc(C1CCOCC1)n2CC(=O)N(C)C. The molecule has 1 aliphatic heterocycles. The van der Waals surface area contributed by atoms with E-state index in [9.17, 15) is 4.79 Å². The van der Waals surface area contributed by atoms with Crippen LogP contribution in [0.4, 0.5) is 0 Å². The molecule has 1 saturated heterocycles. The van der Waals surface area contributed by atoms with Crippen molar-refractivity contribution in [2.45, 2.75) is 32.2 Å². The molecule has 1 fully saturated rings. The molecule has 1 amide bonds. The lowest BCUT2D eigenvalue weighted by Gasteiger charge is -2.24. The van der Waals surface area contributed by atoms with E-state index in [1.54, 1.807) is 19.0 Å². The molecule has 0 aliphatic carbocycles. The van der Waals surface area contributed by atoms with Crippen LogP contribution in [0.5, 0.6) is 0 Å². The highest BCUT2D eigenvalue weighted by molar-refractivity contribution is 5.82. The van der Waals surface area contributed by atoms with Gasteiger partial charge >= 0.3 is 0 Å². The van der Waals surface area contributed by atoms with E-state index in [-0.39, 0.29) is 5.91 Å². The van der Waals surface area contributed by atoms with Crippen LogP contribution in [-0.2, 0) is 16.1 Å². The maximum Gasteiger partial charge on any atom is 0.242 e. The molecule has 0 unspecified atom stereocenters. The lowest BCUT2D eigenvalue weighted by Crippen LogP contribution is -2.28. The third kappa shape index (κ3) is 2.86. The molecule has 3 heterocycles. The molecule has 3 rings (SSSR count). The van der Waals surface area contributed by atoms with Crippen molar-refractivity contribution in [2.24, 2.45) is 0 Å². The smallest absolute Gasteiger partial charge is 0.242 e. The molecule has 0 N–H and O–H groups in total. The highest BCUT2D eigenvalue weighted by atomic mass is 16.5. The first-order chi connectivity index (χ1) is 10.6. The van der Waals surface area contributed by atoms with Gasteiger partial charge in [-0.1, -0.05) is 0 Å². The van der Waals surface area contributed by atoms with Crippen LogP contribution in [0.25, 0.3) is 11.0 Å². The van der Waals surface area contributed by atoms with Crippen molar-refractivity contribution in [3.63, 3.8) is 0 Å². The lowest BCUT2D eigenvalue weighted by atomic mass is 9.96. The molecule has 5 heteroatoms. The van der Waals surface area contributed by atoms with E-state index in [2.05, 4.69) is 21.7 Å². The van der Waals surface area contributed by atoms with Crippen LogP contribution in [0.1, 0.15) is 30.0 Å². The van der Waals surface area contributed by atoms with Gasteiger partial charge < -0.3 is 14.2 Å². The number of nitrogens with zero attached hydrogens (tertiary/aromatic N) is 3. The number of hydrogen-bond donors (Lipinski definition) is 0. The Kier molecular flexibility index (Phi) is 4.16. The summed E-state index contributed by atoms with van der Waals surface area (Å²) in [5, 5.41) is 1.12. The van der Waals surface area contributed by atoms with E-state index in [0.717, 1.165) is 42.7 Å².